The smallest absolute Gasteiger partial charge is 0.475 e. The third-order valence-electron chi connectivity index (χ3n) is 5.99. The second-order valence-electron chi connectivity index (χ2n) is 8.42. The lowest BCUT2D eigenvalue weighted by Crippen LogP contribution is -2.32. The predicted octanol–water partition coefficient (Wildman–Crippen LogP) is 5.71. The Kier molecular flexibility index (Phi) is 7.51. The van der Waals surface area contributed by atoms with Gasteiger partial charge in [0.2, 0.25) is 0 Å². The topological polar surface area (TPSA) is 71.2 Å². The number of carboxylic acids is 1. The van der Waals surface area contributed by atoms with Gasteiger partial charge in [0.05, 0.1) is 17.5 Å². The number of carboxylic acid groups (broad SMARTS) is 1. The lowest BCUT2D eigenvalue weighted by Gasteiger charge is -2.31. The summed E-state index contributed by atoms with van der Waals surface area (Å²) in [5.74, 6) is -2.24. The number of thiophene rings is 1. The molecule has 4 aromatic rings. The van der Waals surface area contributed by atoms with Gasteiger partial charge in [-0.3, -0.25) is 9.88 Å². The SMILES string of the molecule is Cn1cnc2c(-c3ccccc3)nc(C3CCN(Cc4cccs4)CC3)cc21.O=C(O)C(F)(F)F. The summed E-state index contributed by atoms with van der Waals surface area (Å²) >= 11 is 1.85. The Morgan fingerprint density at radius 1 is 1.14 bits per heavy atom. The highest BCUT2D eigenvalue weighted by Crippen LogP contribution is 2.33. The van der Waals surface area contributed by atoms with Gasteiger partial charge >= 0.3 is 12.1 Å². The van der Waals surface area contributed by atoms with Crippen molar-refractivity contribution in [2.45, 2.75) is 31.5 Å². The summed E-state index contributed by atoms with van der Waals surface area (Å²) in [6, 6.07) is 17.1. The van der Waals surface area contributed by atoms with Gasteiger partial charge in [-0.1, -0.05) is 36.4 Å². The maximum atomic E-state index is 10.6. The van der Waals surface area contributed by atoms with Gasteiger partial charge in [0.15, 0.2) is 0 Å². The standard InChI is InChI=1S/C23H24N4S.C2HF3O2/c1-26-16-24-23-21(26)14-20(25-22(23)18-6-3-2-4-7-18)17-9-11-27(12-10-17)15-19-8-5-13-28-19;3-2(4,5)1(6)7/h2-8,13-14,16-17H,9-12,15H2,1H3;(H,6,7). The number of carbonyl (C=O) groups is 1. The maximum absolute atomic E-state index is 10.6. The summed E-state index contributed by atoms with van der Waals surface area (Å²) in [6.07, 6.45) is -0.863. The number of piperidine rings is 1. The van der Waals surface area contributed by atoms with E-state index >= 15 is 0 Å². The molecule has 0 aliphatic carbocycles. The van der Waals surface area contributed by atoms with E-state index in [1.807, 2.05) is 23.7 Å². The molecule has 1 aliphatic heterocycles. The largest absolute Gasteiger partial charge is 0.490 e. The van der Waals surface area contributed by atoms with Crippen LogP contribution in [-0.4, -0.2) is 49.8 Å². The fraction of sp³-hybridized carbons (Fsp3) is 0.320. The van der Waals surface area contributed by atoms with E-state index in [1.165, 1.54) is 16.1 Å². The maximum Gasteiger partial charge on any atom is 0.490 e. The molecule has 10 heteroatoms. The van der Waals surface area contributed by atoms with Crippen LogP contribution in [0.1, 0.15) is 29.3 Å². The highest BCUT2D eigenvalue weighted by atomic mass is 32.1. The minimum atomic E-state index is -5.08. The number of likely N-dealkylation sites (tertiary alicyclic amines) is 1. The molecule has 1 aromatic carbocycles. The number of alkyl halides is 3. The number of benzene rings is 1. The van der Waals surface area contributed by atoms with Crippen LogP contribution in [0, 0.1) is 0 Å². The number of imidazole rings is 1. The molecule has 0 saturated carbocycles. The van der Waals surface area contributed by atoms with Crippen molar-refractivity contribution in [1.29, 1.82) is 0 Å². The third-order valence-corrected chi connectivity index (χ3v) is 6.85. The monoisotopic (exact) mass is 502 g/mol. The van der Waals surface area contributed by atoms with E-state index in [4.69, 9.17) is 14.9 Å². The Balaban J connectivity index is 0.000000364. The van der Waals surface area contributed by atoms with Crippen molar-refractivity contribution in [2.75, 3.05) is 13.1 Å². The summed E-state index contributed by atoms with van der Waals surface area (Å²) in [4.78, 5) is 22.7. The zero-order valence-corrected chi connectivity index (χ0v) is 19.9. The van der Waals surface area contributed by atoms with Crippen LogP contribution in [0.25, 0.3) is 22.3 Å². The molecule has 1 saturated heterocycles. The quantitative estimate of drug-likeness (QED) is 0.387. The number of hydrogen-bond acceptors (Lipinski definition) is 5. The highest BCUT2D eigenvalue weighted by molar-refractivity contribution is 7.09. The van der Waals surface area contributed by atoms with Crippen molar-refractivity contribution in [1.82, 2.24) is 19.4 Å². The molecule has 5 rings (SSSR count). The number of aryl methyl sites for hydroxylation is 1. The molecule has 4 heterocycles. The number of aromatic nitrogens is 3. The number of nitrogens with zero attached hydrogens (tertiary/aromatic N) is 4. The molecule has 0 atom stereocenters. The first-order valence-electron chi connectivity index (χ1n) is 11.1. The van der Waals surface area contributed by atoms with Crippen LogP contribution in [-0.2, 0) is 18.4 Å². The van der Waals surface area contributed by atoms with Crippen LogP contribution < -0.4 is 0 Å². The Bertz CT molecular complexity index is 1270. The lowest BCUT2D eigenvalue weighted by atomic mass is 9.92. The zero-order chi connectivity index (χ0) is 25.0. The molecular weight excluding hydrogens is 477 g/mol. The summed E-state index contributed by atoms with van der Waals surface area (Å²) in [5.41, 5.74) is 5.53. The Morgan fingerprint density at radius 2 is 1.83 bits per heavy atom. The second kappa shape index (κ2) is 10.6. The van der Waals surface area contributed by atoms with E-state index in [2.05, 4.69) is 69.3 Å². The van der Waals surface area contributed by atoms with Crippen molar-refractivity contribution >= 4 is 28.3 Å². The van der Waals surface area contributed by atoms with Gasteiger partial charge in [0.25, 0.3) is 0 Å². The number of rotatable bonds is 4. The van der Waals surface area contributed by atoms with Crippen molar-refractivity contribution in [3.63, 3.8) is 0 Å². The van der Waals surface area contributed by atoms with Crippen molar-refractivity contribution < 1.29 is 23.1 Å². The molecule has 0 radical (unpaired) electrons. The lowest BCUT2D eigenvalue weighted by molar-refractivity contribution is -0.192. The fourth-order valence-electron chi connectivity index (χ4n) is 4.16. The molecular formula is C25H25F3N4O2S. The van der Waals surface area contributed by atoms with Crippen molar-refractivity contribution in [2.24, 2.45) is 7.05 Å². The van der Waals surface area contributed by atoms with Crippen LogP contribution in [0.3, 0.4) is 0 Å². The molecule has 35 heavy (non-hydrogen) atoms. The molecule has 0 bridgehead atoms. The molecule has 1 aliphatic rings. The highest BCUT2D eigenvalue weighted by Gasteiger charge is 2.38. The van der Waals surface area contributed by atoms with Crippen LogP contribution in [0.4, 0.5) is 13.2 Å². The molecule has 0 amide bonds. The van der Waals surface area contributed by atoms with Gasteiger partial charge in [-0.15, -0.1) is 11.3 Å². The van der Waals surface area contributed by atoms with Gasteiger partial charge in [0, 0.05) is 35.6 Å². The Labute approximate surface area is 204 Å². The van der Waals surface area contributed by atoms with Crippen molar-refractivity contribution in [3.05, 3.63) is 70.8 Å². The normalized spacial score (nSPS) is 15.1. The third kappa shape index (κ3) is 6.07. The molecule has 1 N–H and O–H groups in total. The zero-order valence-electron chi connectivity index (χ0n) is 19.1. The van der Waals surface area contributed by atoms with Crippen LogP contribution in [0.15, 0.2) is 60.2 Å². The predicted molar refractivity (Wildman–Crippen MR) is 129 cm³/mol. The Hall–Kier alpha value is -3.24. The number of fused-ring (bicyclic) bond motifs is 1. The first-order valence-corrected chi connectivity index (χ1v) is 12.0. The first kappa shape index (κ1) is 24.9. The average Bonchev–Trinajstić information content (AvgIpc) is 3.49. The number of pyridine rings is 1. The number of hydrogen-bond donors (Lipinski definition) is 1. The minimum Gasteiger partial charge on any atom is -0.475 e. The molecule has 3 aromatic heterocycles. The van der Waals surface area contributed by atoms with Gasteiger partial charge < -0.3 is 9.67 Å². The van der Waals surface area contributed by atoms with Crippen LogP contribution in [0.2, 0.25) is 0 Å². The Morgan fingerprint density at radius 3 is 2.43 bits per heavy atom. The molecule has 0 unspecified atom stereocenters. The minimum absolute atomic E-state index is 0.515. The summed E-state index contributed by atoms with van der Waals surface area (Å²) in [6.45, 7) is 3.34. The van der Waals surface area contributed by atoms with E-state index in [-0.39, 0.29) is 0 Å². The van der Waals surface area contributed by atoms with Crippen LogP contribution in [0.5, 0.6) is 0 Å². The summed E-state index contributed by atoms with van der Waals surface area (Å²) in [7, 11) is 2.07. The summed E-state index contributed by atoms with van der Waals surface area (Å²) in [5, 5.41) is 9.29. The van der Waals surface area contributed by atoms with E-state index in [0.717, 1.165) is 49.2 Å². The van der Waals surface area contributed by atoms with Gasteiger partial charge in [-0.2, -0.15) is 13.2 Å². The average molecular weight is 503 g/mol. The second-order valence-corrected chi connectivity index (χ2v) is 9.45. The van der Waals surface area contributed by atoms with Gasteiger partial charge in [-0.05, 0) is 43.4 Å². The van der Waals surface area contributed by atoms with E-state index < -0.39 is 12.1 Å². The molecule has 6 nitrogen and oxygen atoms in total. The summed E-state index contributed by atoms with van der Waals surface area (Å²) < 4.78 is 33.8. The fourth-order valence-corrected chi connectivity index (χ4v) is 4.91. The first-order chi connectivity index (χ1) is 16.7. The number of halogens is 3. The van der Waals surface area contributed by atoms with Crippen molar-refractivity contribution in [3.8, 4) is 11.3 Å². The number of aliphatic carboxylic acids is 1. The van der Waals surface area contributed by atoms with E-state index in [0.29, 0.717) is 5.92 Å². The molecule has 184 valence electrons. The molecule has 0 spiro atoms. The van der Waals surface area contributed by atoms with Gasteiger partial charge in [0.1, 0.15) is 5.52 Å². The van der Waals surface area contributed by atoms with Crippen LogP contribution >= 0.6 is 11.3 Å². The van der Waals surface area contributed by atoms with Gasteiger partial charge in [-0.25, -0.2) is 9.78 Å². The van der Waals surface area contributed by atoms with E-state index in [9.17, 15) is 13.2 Å². The van der Waals surface area contributed by atoms with E-state index in [1.54, 1.807) is 0 Å². The molecule has 1 fully saturated rings.